The molecule has 2 aromatic carbocycles. The van der Waals surface area contributed by atoms with Gasteiger partial charge in [-0.15, -0.1) is 5.73 Å². The third-order valence-corrected chi connectivity index (χ3v) is 7.54. The standard InChI is InChI=1S/C34H41FN8O2/c1-23(2)28-10-6-17-43-32(28)39-34(42-18-14-25(36)15-19-42)40-33(43)37-22-24-8-5-9-26(20-24)45-27-12-13-29(35)30(21-27)38-31(44)11-7-16-41(3)4/h5,7-13,17,20-21,23,25H,14-16,18-19,22,36H2,1-4H3,(H,38,44)(H,37,39,40)/b11-7+. The lowest BCUT2D eigenvalue weighted by Crippen LogP contribution is -2.53. The van der Waals surface area contributed by atoms with Gasteiger partial charge in [0, 0.05) is 43.4 Å². The topological polar surface area (TPSA) is 111 Å². The van der Waals surface area contributed by atoms with E-state index in [0.717, 1.165) is 48.8 Å². The molecule has 236 valence electrons. The van der Waals surface area contributed by atoms with Gasteiger partial charge in [0.1, 0.15) is 23.1 Å². The molecular weight excluding hydrogens is 571 g/mol. The highest BCUT2D eigenvalue weighted by Crippen LogP contribution is 2.28. The van der Waals surface area contributed by atoms with Gasteiger partial charge < -0.3 is 30.9 Å². The molecular formula is C34H41FN8O2. The molecule has 3 aliphatic rings. The number of guanidine groups is 2. The lowest BCUT2D eigenvalue weighted by molar-refractivity contribution is -0.111. The Morgan fingerprint density at radius 1 is 1.24 bits per heavy atom. The zero-order chi connectivity index (χ0) is 31.9. The lowest BCUT2D eigenvalue weighted by atomic mass is 10.0. The average molecular weight is 613 g/mol. The molecule has 3 aliphatic heterocycles. The average Bonchev–Trinajstić information content (AvgIpc) is 3.01. The zero-order valence-corrected chi connectivity index (χ0v) is 26.3. The first-order valence-corrected chi connectivity index (χ1v) is 15.2. The molecule has 1 saturated heterocycles. The van der Waals surface area contributed by atoms with Crippen LogP contribution in [0, 0.1) is 11.7 Å². The molecule has 3 heterocycles. The first-order chi connectivity index (χ1) is 21.7. The summed E-state index contributed by atoms with van der Waals surface area (Å²) < 4.78 is 20.5. The number of ether oxygens (including phenoxy) is 1. The molecule has 11 heteroatoms. The zero-order valence-electron chi connectivity index (χ0n) is 26.3. The Hall–Kier alpha value is -4.70. The molecule has 0 saturated carbocycles. The van der Waals surface area contributed by atoms with Gasteiger partial charge in [-0.2, -0.15) is 4.99 Å². The normalized spacial score (nSPS) is 17.8. The maximum absolute atomic E-state index is 14.5. The minimum absolute atomic E-state index is 0.0399. The SMILES string of the molecule is CC(C)C1=C2NC(N3CCC(N)CC3)=NC(=NCc3cccc(Oc4ccc(F)c(NC(=O)/C=C/CN(C)C)c4)c3)N2C=C=C1. The van der Waals surface area contributed by atoms with Crippen LogP contribution in [0.15, 0.2) is 94.0 Å². The van der Waals surface area contributed by atoms with Crippen LogP contribution in [0.4, 0.5) is 10.1 Å². The number of benzene rings is 2. The summed E-state index contributed by atoms with van der Waals surface area (Å²) in [7, 11) is 3.79. The van der Waals surface area contributed by atoms with Gasteiger partial charge in [0.2, 0.25) is 17.8 Å². The Morgan fingerprint density at radius 2 is 2.02 bits per heavy atom. The Balaban J connectivity index is 1.33. The van der Waals surface area contributed by atoms with Crippen molar-refractivity contribution in [3.05, 3.63) is 95.4 Å². The number of nitrogens with two attached hydrogens (primary N) is 1. The van der Waals surface area contributed by atoms with Crippen LogP contribution in [0.3, 0.4) is 0 Å². The van der Waals surface area contributed by atoms with Crippen LogP contribution in [-0.2, 0) is 11.3 Å². The predicted molar refractivity (Wildman–Crippen MR) is 176 cm³/mol. The molecule has 0 aliphatic carbocycles. The second kappa shape index (κ2) is 14.4. The van der Waals surface area contributed by atoms with Crippen molar-refractivity contribution in [1.29, 1.82) is 0 Å². The second-order valence-corrected chi connectivity index (χ2v) is 11.8. The van der Waals surface area contributed by atoms with Gasteiger partial charge >= 0.3 is 0 Å². The minimum atomic E-state index is -0.550. The van der Waals surface area contributed by atoms with E-state index >= 15 is 0 Å². The van der Waals surface area contributed by atoms with Crippen molar-refractivity contribution in [2.45, 2.75) is 39.3 Å². The summed E-state index contributed by atoms with van der Waals surface area (Å²) in [5.41, 5.74) is 11.5. The van der Waals surface area contributed by atoms with Crippen molar-refractivity contribution in [1.82, 2.24) is 20.0 Å². The van der Waals surface area contributed by atoms with E-state index in [0.29, 0.717) is 30.5 Å². The van der Waals surface area contributed by atoms with E-state index in [1.807, 2.05) is 60.4 Å². The van der Waals surface area contributed by atoms with E-state index in [4.69, 9.17) is 20.5 Å². The van der Waals surface area contributed by atoms with Crippen molar-refractivity contribution in [2.24, 2.45) is 21.6 Å². The van der Waals surface area contributed by atoms with Gasteiger partial charge in [0.05, 0.1) is 18.4 Å². The van der Waals surface area contributed by atoms with Crippen LogP contribution in [0.25, 0.3) is 0 Å². The third-order valence-electron chi connectivity index (χ3n) is 7.54. The number of allylic oxidation sites excluding steroid dienone is 2. The van der Waals surface area contributed by atoms with E-state index < -0.39 is 11.7 Å². The number of carbonyl (C=O) groups excluding carboxylic acids is 1. The number of rotatable bonds is 9. The summed E-state index contributed by atoms with van der Waals surface area (Å²) in [6.07, 6.45) is 8.77. The van der Waals surface area contributed by atoms with E-state index in [9.17, 15) is 9.18 Å². The van der Waals surface area contributed by atoms with E-state index in [1.54, 1.807) is 6.08 Å². The van der Waals surface area contributed by atoms with Crippen LogP contribution in [-0.4, -0.2) is 72.3 Å². The third kappa shape index (κ3) is 8.27. The second-order valence-electron chi connectivity index (χ2n) is 11.8. The van der Waals surface area contributed by atoms with Gasteiger partial charge in [0.15, 0.2) is 0 Å². The molecule has 0 aromatic heterocycles. The quantitative estimate of drug-likeness (QED) is 0.277. The van der Waals surface area contributed by atoms with Gasteiger partial charge in [0.25, 0.3) is 0 Å². The fourth-order valence-electron chi connectivity index (χ4n) is 5.07. The number of likely N-dealkylation sites (N-methyl/N-ethyl adjacent to an activating group) is 1. The molecule has 0 atom stereocenters. The summed E-state index contributed by atoms with van der Waals surface area (Å²) in [5.74, 6) is 2.54. The van der Waals surface area contributed by atoms with Crippen molar-refractivity contribution < 1.29 is 13.9 Å². The Labute approximate surface area is 264 Å². The van der Waals surface area contributed by atoms with E-state index in [2.05, 4.69) is 35.1 Å². The highest BCUT2D eigenvalue weighted by Gasteiger charge is 2.30. The number of nitrogens with zero attached hydrogens (tertiary/aromatic N) is 5. The van der Waals surface area contributed by atoms with Gasteiger partial charge in [-0.25, -0.2) is 9.38 Å². The minimum Gasteiger partial charge on any atom is -0.457 e. The molecule has 0 radical (unpaired) electrons. The number of aliphatic imine (C=N–C) groups is 2. The van der Waals surface area contributed by atoms with Crippen LogP contribution < -0.4 is 21.1 Å². The molecule has 0 unspecified atom stereocenters. The molecule has 1 fully saturated rings. The number of halogens is 1. The summed E-state index contributed by atoms with van der Waals surface area (Å²) in [6.45, 7) is 6.93. The molecule has 0 spiro atoms. The number of hydrogen-bond donors (Lipinski definition) is 3. The Kier molecular flexibility index (Phi) is 10.1. The maximum atomic E-state index is 14.5. The fraction of sp³-hybridized carbons (Fsp3) is 0.353. The van der Waals surface area contributed by atoms with Crippen LogP contribution in [0.2, 0.25) is 0 Å². The Bertz CT molecular complexity index is 1590. The highest BCUT2D eigenvalue weighted by atomic mass is 19.1. The predicted octanol–water partition coefficient (Wildman–Crippen LogP) is 4.76. The van der Waals surface area contributed by atoms with Crippen LogP contribution in [0.5, 0.6) is 11.5 Å². The number of amides is 1. The first-order valence-electron chi connectivity index (χ1n) is 15.2. The fourth-order valence-corrected chi connectivity index (χ4v) is 5.07. The van der Waals surface area contributed by atoms with Gasteiger partial charge in [-0.3, -0.25) is 9.69 Å². The molecule has 4 N–H and O–H groups in total. The number of nitrogens with one attached hydrogen (secondary N) is 2. The lowest BCUT2D eigenvalue weighted by Gasteiger charge is -2.38. The molecule has 5 rings (SSSR count). The van der Waals surface area contributed by atoms with Crippen LogP contribution >= 0.6 is 0 Å². The number of fused-ring (bicyclic) bond motifs is 1. The molecule has 10 nitrogen and oxygen atoms in total. The molecule has 1 amide bonds. The molecule has 2 aromatic rings. The van der Waals surface area contributed by atoms with Crippen molar-refractivity contribution in [2.75, 3.05) is 39.0 Å². The van der Waals surface area contributed by atoms with E-state index in [-0.39, 0.29) is 17.6 Å². The highest BCUT2D eigenvalue weighted by molar-refractivity contribution is 6.00. The van der Waals surface area contributed by atoms with Crippen LogP contribution in [0.1, 0.15) is 32.3 Å². The van der Waals surface area contributed by atoms with Gasteiger partial charge in [-0.05, 0) is 68.8 Å². The number of carbonyl (C=O) groups is 1. The van der Waals surface area contributed by atoms with E-state index in [1.165, 1.54) is 24.3 Å². The van der Waals surface area contributed by atoms with Crippen molar-refractivity contribution in [3.8, 4) is 11.5 Å². The number of hydrogen-bond acceptors (Lipinski definition) is 7. The molecule has 0 bridgehead atoms. The first kappa shape index (κ1) is 31.7. The summed E-state index contributed by atoms with van der Waals surface area (Å²) in [6, 6.07) is 12.0. The monoisotopic (exact) mass is 612 g/mol. The number of anilines is 1. The summed E-state index contributed by atoms with van der Waals surface area (Å²) in [4.78, 5) is 28.2. The molecule has 45 heavy (non-hydrogen) atoms. The maximum Gasteiger partial charge on any atom is 0.248 e. The summed E-state index contributed by atoms with van der Waals surface area (Å²) in [5, 5.41) is 6.13. The largest absolute Gasteiger partial charge is 0.457 e. The van der Waals surface area contributed by atoms with Crippen molar-refractivity contribution >= 4 is 23.5 Å². The number of piperidine rings is 1. The summed E-state index contributed by atoms with van der Waals surface area (Å²) >= 11 is 0. The Morgan fingerprint density at radius 3 is 2.78 bits per heavy atom. The smallest absolute Gasteiger partial charge is 0.248 e. The van der Waals surface area contributed by atoms with Crippen molar-refractivity contribution in [3.63, 3.8) is 0 Å². The van der Waals surface area contributed by atoms with Gasteiger partial charge in [-0.1, -0.05) is 32.1 Å². The number of likely N-dealkylation sites (tertiary alicyclic amines) is 1.